The lowest BCUT2D eigenvalue weighted by Gasteiger charge is -2.34. The number of carbonyl (C=O) groups is 1. The highest BCUT2D eigenvalue weighted by Gasteiger charge is 2.30. The maximum absolute atomic E-state index is 13.1. The van der Waals surface area contributed by atoms with Gasteiger partial charge in [0.05, 0.1) is 14.2 Å². The van der Waals surface area contributed by atoms with Crippen molar-refractivity contribution in [2.75, 3.05) is 31.4 Å². The number of rotatable bonds is 16. The van der Waals surface area contributed by atoms with Gasteiger partial charge < -0.3 is 33.7 Å². The number of methoxy groups -OCH3 is 2. The first-order chi connectivity index (χ1) is 20.0. The van der Waals surface area contributed by atoms with Crippen LogP contribution in [0.15, 0.2) is 23.6 Å². The molecule has 0 saturated carbocycles. The highest BCUT2D eigenvalue weighted by Crippen LogP contribution is 2.35. The summed E-state index contributed by atoms with van der Waals surface area (Å²) >= 11 is 1.23. The van der Waals surface area contributed by atoms with Crippen molar-refractivity contribution in [2.24, 2.45) is 5.41 Å². The molecule has 2 heterocycles. The van der Waals surface area contributed by atoms with Gasteiger partial charge in [-0.2, -0.15) is 15.0 Å². The fraction of sp³-hybridized carbons (Fsp3) is 0.500. The second-order valence-corrected chi connectivity index (χ2v) is 12.4. The van der Waals surface area contributed by atoms with E-state index in [0.29, 0.717) is 48.9 Å². The molecule has 0 aliphatic rings. The van der Waals surface area contributed by atoms with Gasteiger partial charge >= 0.3 is 0 Å². The van der Waals surface area contributed by atoms with E-state index in [2.05, 4.69) is 59.3 Å². The zero-order chi connectivity index (χ0) is 30.9. The molecule has 2 aromatic heterocycles. The highest BCUT2D eigenvalue weighted by molar-refractivity contribution is 7.11. The van der Waals surface area contributed by atoms with E-state index < -0.39 is 5.91 Å². The molecule has 3 aromatic rings. The molecule has 1 amide bonds. The van der Waals surface area contributed by atoms with Crippen LogP contribution in [0.5, 0.6) is 22.7 Å². The van der Waals surface area contributed by atoms with Crippen molar-refractivity contribution in [1.82, 2.24) is 15.0 Å². The zero-order valence-electron chi connectivity index (χ0n) is 25.6. The highest BCUT2D eigenvalue weighted by atomic mass is 32.1. The fourth-order valence-corrected chi connectivity index (χ4v) is 5.76. The first-order valence-electron chi connectivity index (χ1n) is 13.5. The van der Waals surface area contributed by atoms with Gasteiger partial charge in [0.1, 0.15) is 17.7 Å². The Morgan fingerprint density at radius 2 is 1.69 bits per heavy atom. The van der Waals surface area contributed by atoms with Crippen LogP contribution in [0.1, 0.15) is 61.6 Å². The predicted molar refractivity (Wildman–Crippen MR) is 167 cm³/mol. The maximum Gasteiger partial charge on any atom is 0.279 e. The van der Waals surface area contributed by atoms with Gasteiger partial charge in [0, 0.05) is 17.3 Å². The van der Waals surface area contributed by atoms with E-state index in [-0.39, 0.29) is 34.8 Å². The van der Waals surface area contributed by atoms with Crippen molar-refractivity contribution < 1.29 is 27.9 Å². The molecule has 0 fully saturated rings. The Balaban J connectivity index is 1.71. The average Bonchev–Trinajstić information content (AvgIpc) is 3.43. The number of nitrogens with zero attached hydrogens (tertiary/aromatic N) is 3. The van der Waals surface area contributed by atoms with Gasteiger partial charge in [-0.3, -0.25) is 4.79 Å². The van der Waals surface area contributed by atoms with E-state index in [1.165, 1.54) is 25.6 Å². The minimum absolute atomic E-state index is 0.147. The molecule has 0 saturated heterocycles. The predicted octanol–water partition coefficient (Wildman–Crippen LogP) is 5.95. The summed E-state index contributed by atoms with van der Waals surface area (Å²) in [5.74, 6) is 1.18. The number of hydrogen-bond donors (Lipinski definition) is 2. The summed E-state index contributed by atoms with van der Waals surface area (Å²) in [6.45, 7) is 14.9. The zero-order valence-corrected chi connectivity index (χ0v) is 28.4. The molecular weight excluding hydrogens is 591 g/mol. The molecule has 0 spiro atoms. The standard InChI is InChI=1S/C28H39N5O6SSi2/c1-16(2)18-11-10-17(3)20(14-18)37-27-30-19(15-40-27)22(34)31-21-23(35-6)32-26(33-24(21)36-7)29-13-12-28(4,5)25(38-41-8)39-42-9/h10-11,14-16,25H,12-13H2,1-9H3,(H,31,34)(H,29,32,33). The molecule has 0 atom stereocenters. The van der Waals surface area contributed by atoms with Crippen LogP contribution in [0.3, 0.4) is 0 Å². The number of anilines is 2. The Bertz CT molecular complexity index is 1310. The Kier molecular flexibility index (Phi) is 12.3. The van der Waals surface area contributed by atoms with Crippen LogP contribution in [0.4, 0.5) is 11.6 Å². The average molecular weight is 630 g/mol. The third kappa shape index (κ3) is 8.73. The van der Waals surface area contributed by atoms with E-state index in [1.807, 2.05) is 32.2 Å². The molecular formula is C28H39N5O6SSi2. The Morgan fingerprint density at radius 1 is 1.05 bits per heavy atom. The smallest absolute Gasteiger partial charge is 0.279 e. The third-order valence-corrected chi connectivity index (χ3v) is 8.02. The lowest BCUT2D eigenvalue weighted by atomic mass is 9.89. The fourth-order valence-electron chi connectivity index (χ4n) is 3.84. The summed E-state index contributed by atoms with van der Waals surface area (Å²) < 4.78 is 28.6. The van der Waals surface area contributed by atoms with Crippen molar-refractivity contribution >= 4 is 48.4 Å². The first-order valence-corrected chi connectivity index (χ1v) is 17.2. The summed E-state index contributed by atoms with van der Waals surface area (Å²) in [4.78, 5) is 26.4. The van der Waals surface area contributed by atoms with Crippen molar-refractivity contribution in [3.05, 3.63) is 40.4 Å². The van der Waals surface area contributed by atoms with Crippen LogP contribution in [0.2, 0.25) is 13.1 Å². The Labute approximate surface area is 257 Å². The van der Waals surface area contributed by atoms with Crippen LogP contribution in [0.25, 0.3) is 0 Å². The SMILES string of the molecule is COc1nc(NCCC(C)(C)C(O[Si]C)O[Si]C)nc(OC)c1NC(=O)c1csc(Oc2cc(C(C)C)ccc2C)n1. The van der Waals surface area contributed by atoms with Gasteiger partial charge in [-0.1, -0.05) is 51.2 Å². The van der Waals surface area contributed by atoms with Crippen molar-refractivity contribution in [3.63, 3.8) is 0 Å². The molecule has 1 aromatic carbocycles. The van der Waals surface area contributed by atoms with E-state index in [1.54, 1.807) is 5.38 Å². The van der Waals surface area contributed by atoms with Crippen molar-refractivity contribution in [2.45, 2.75) is 66.3 Å². The van der Waals surface area contributed by atoms with Gasteiger partial charge in [0.2, 0.25) is 37.2 Å². The van der Waals surface area contributed by atoms with Gasteiger partial charge in [-0.15, -0.1) is 0 Å². The molecule has 2 N–H and O–H groups in total. The Hall–Kier alpha value is -3.05. The monoisotopic (exact) mass is 629 g/mol. The maximum atomic E-state index is 13.1. The lowest BCUT2D eigenvalue weighted by Crippen LogP contribution is -2.37. The van der Waals surface area contributed by atoms with Crippen LogP contribution >= 0.6 is 11.3 Å². The number of aromatic nitrogens is 3. The van der Waals surface area contributed by atoms with Gasteiger partial charge in [-0.05, 0) is 49.5 Å². The number of thiazole rings is 1. The summed E-state index contributed by atoms with van der Waals surface area (Å²) in [5, 5.41) is 7.98. The van der Waals surface area contributed by atoms with Crippen LogP contribution in [0, 0.1) is 12.3 Å². The van der Waals surface area contributed by atoms with Crippen molar-refractivity contribution in [1.29, 1.82) is 0 Å². The number of nitrogens with one attached hydrogen (secondary N) is 2. The van der Waals surface area contributed by atoms with Gasteiger partial charge in [0.15, 0.2) is 5.69 Å². The second kappa shape index (κ2) is 15.4. The molecule has 14 heteroatoms. The third-order valence-electron chi connectivity index (χ3n) is 6.40. The molecule has 0 bridgehead atoms. The van der Waals surface area contributed by atoms with E-state index in [9.17, 15) is 4.79 Å². The topological polar surface area (TPSA) is 126 Å². The first kappa shape index (κ1) is 33.5. The molecule has 0 unspecified atom stereocenters. The van der Waals surface area contributed by atoms with Gasteiger partial charge in [-0.25, -0.2) is 0 Å². The Morgan fingerprint density at radius 3 is 2.26 bits per heavy atom. The van der Waals surface area contributed by atoms with Crippen LogP contribution in [-0.4, -0.2) is 67.4 Å². The largest absolute Gasteiger partial charge is 0.479 e. The van der Waals surface area contributed by atoms with Gasteiger partial charge in [0.25, 0.3) is 11.1 Å². The summed E-state index contributed by atoms with van der Waals surface area (Å²) in [6, 6.07) is 6.10. The molecule has 226 valence electrons. The molecule has 42 heavy (non-hydrogen) atoms. The minimum atomic E-state index is -0.476. The number of aryl methyl sites for hydroxylation is 1. The molecule has 0 aliphatic heterocycles. The lowest BCUT2D eigenvalue weighted by molar-refractivity contribution is -0.0805. The molecule has 3 rings (SSSR count). The second-order valence-electron chi connectivity index (χ2n) is 10.3. The molecule has 0 aliphatic carbocycles. The van der Waals surface area contributed by atoms with Crippen molar-refractivity contribution in [3.8, 4) is 22.7 Å². The summed E-state index contributed by atoms with van der Waals surface area (Å²) in [7, 11) is 3.58. The molecule has 11 nitrogen and oxygen atoms in total. The van der Waals surface area contributed by atoms with Crippen LogP contribution in [-0.2, 0) is 8.85 Å². The molecule has 4 radical (unpaired) electrons. The van der Waals surface area contributed by atoms with E-state index in [0.717, 1.165) is 17.5 Å². The summed E-state index contributed by atoms with van der Waals surface area (Å²) in [5.41, 5.74) is 2.27. The van der Waals surface area contributed by atoms with E-state index >= 15 is 0 Å². The number of ether oxygens (including phenoxy) is 3. The minimum Gasteiger partial charge on any atom is -0.479 e. The normalized spacial score (nSPS) is 11.6. The van der Waals surface area contributed by atoms with Crippen LogP contribution < -0.4 is 24.8 Å². The quantitative estimate of drug-likeness (QED) is 0.145. The number of hydrogen-bond acceptors (Lipinski definition) is 11. The van der Waals surface area contributed by atoms with E-state index in [4.69, 9.17) is 23.1 Å². The number of benzene rings is 1. The number of carbonyl (C=O) groups excluding carboxylic acids is 1. The number of amides is 1. The summed E-state index contributed by atoms with van der Waals surface area (Å²) in [6.07, 6.45) is 0.425.